The summed E-state index contributed by atoms with van der Waals surface area (Å²) >= 11 is 5.04. The highest BCUT2D eigenvalue weighted by Gasteiger charge is 2.30. The number of thiol groups is 1. The lowest BCUT2D eigenvalue weighted by atomic mass is 9.75. The third kappa shape index (κ3) is 6.69. The van der Waals surface area contributed by atoms with Gasteiger partial charge in [0.05, 0.1) is 10.4 Å². The number of nitrogens with zero attached hydrogens (tertiary/aromatic N) is 2. The van der Waals surface area contributed by atoms with Gasteiger partial charge in [0.1, 0.15) is 5.82 Å². The van der Waals surface area contributed by atoms with Gasteiger partial charge in [-0.15, -0.1) is 0 Å². The highest BCUT2D eigenvalue weighted by molar-refractivity contribution is 7.81. The van der Waals surface area contributed by atoms with Crippen molar-refractivity contribution in [3.8, 4) is 0 Å². The minimum atomic E-state index is -0.178. The summed E-state index contributed by atoms with van der Waals surface area (Å²) in [5.74, 6) is 1.15. The molecule has 0 saturated heterocycles. The monoisotopic (exact) mass is 392 g/mol. The maximum absolute atomic E-state index is 5.14. The van der Waals surface area contributed by atoms with Crippen molar-refractivity contribution in [1.82, 2.24) is 4.98 Å². The largest absolute Gasteiger partial charge is 0.357 e. The molecule has 0 saturated carbocycles. The van der Waals surface area contributed by atoms with Crippen LogP contribution in [0.5, 0.6) is 0 Å². The quantitative estimate of drug-likeness (QED) is 0.350. The number of rotatable bonds is 13. The van der Waals surface area contributed by atoms with Crippen LogP contribution < -0.4 is 4.90 Å². The van der Waals surface area contributed by atoms with Gasteiger partial charge < -0.3 is 4.90 Å². The van der Waals surface area contributed by atoms with Crippen molar-refractivity contribution in [2.24, 2.45) is 0 Å². The Labute approximate surface area is 174 Å². The van der Waals surface area contributed by atoms with Gasteiger partial charge in [0.25, 0.3) is 0 Å². The van der Waals surface area contributed by atoms with Crippen LogP contribution in [0.1, 0.15) is 111 Å². The molecule has 2 nitrogen and oxygen atoms in total. The second-order valence-electron chi connectivity index (χ2n) is 8.63. The van der Waals surface area contributed by atoms with E-state index in [2.05, 4.69) is 65.5 Å². The summed E-state index contributed by atoms with van der Waals surface area (Å²) in [6.45, 7) is 18.2. The summed E-state index contributed by atoms with van der Waals surface area (Å²) in [5, 5.41) is 0. The fourth-order valence-electron chi connectivity index (χ4n) is 3.89. The van der Waals surface area contributed by atoms with Crippen molar-refractivity contribution in [2.75, 3.05) is 18.0 Å². The standard InChI is InChI=1S/C24H44N2S/c1-8-13-15-23(6,12-5)20-18-21(24(7,27)14-9-2)25-22(19-20)26(16-10-3)17-11-4/h18-19,27H,8-17H2,1-7H3. The predicted molar refractivity (Wildman–Crippen MR) is 125 cm³/mol. The SMILES string of the molecule is CCCCC(C)(CC)c1cc(N(CCC)CCC)nc(C(C)(S)CCC)c1. The number of aromatic nitrogens is 1. The fraction of sp³-hybridized carbons (Fsp3) is 0.792. The summed E-state index contributed by atoms with van der Waals surface area (Å²) in [6, 6.07) is 4.74. The van der Waals surface area contributed by atoms with E-state index < -0.39 is 0 Å². The molecule has 1 rings (SSSR count). The first-order valence-electron chi connectivity index (χ1n) is 11.3. The molecule has 3 heteroatoms. The molecule has 1 aromatic heterocycles. The third-order valence-corrected chi connectivity index (χ3v) is 6.42. The average molecular weight is 393 g/mol. The van der Waals surface area contributed by atoms with Crippen molar-refractivity contribution < 1.29 is 0 Å². The Kier molecular flexibility index (Phi) is 10.2. The lowest BCUT2D eigenvalue weighted by molar-refractivity contribution is 0.401. The van der Waals surface area contributed by atoms with Gasteiger partial charge >= 0.3 is 0 Å². The summed E-state index contributed by atoms with van der Waals surface area (Å²) in [5.41, 5.74) is 2.81. The van der Waals surface area contributed by atoms with E-state index in [1.165, 1.54) is 24.8 Å². The zero-order chi connectivity index (χ0) is 20.5. The van der Waals surface area contributed by atoms with Crippen LogP contribution in [0.2, 0.25) is 0 Å². The van der Waals surface area contributed by atoms with Gasteiger partial charge in [-0.05, 0) is 62.1 Å². The van der Waals surface area contributed by atoms with Crippen molar-refractivity contribution in [3.05, 3.63) is 23.4 Å². The minimum Gasteiger partial charge on any atom is -0.357 e. The normalized spacial score (nSPS) is 16.0. The molecule has 0 radical (unpaired) electrons. The minimum absolute atomic E-state index is 0.178. The number of hydrogen-bond acceptors (Lipinski definition) is 3. The second-order valence-corrected chi connectivity index (χ2v) is 9.61. The topological polar surface area (TPSA) is 16.1 Å². The zero-order valence-corrected chi connectivity index (χ0v) is 20.0. The molecule has 0 aliphatic rings. The summed E-state index contributed by atoms with van der Waals surface area (Å²) in [4.78, 5) is 7.61. The first kappa shape index (κ1) is 24.3. The second kappa shape index (κ2) is 11.3. The molecule has 2 unspecified atom stereocenters. The number of unbranched alkanes of at least 4 members (excludes halogenated alkanes) is 1. The Balaban J connectivity index is 3.50. The molecule has 2 atom stereocenters. The van der Waals surface area contributed by atoms with Gasteiger partial charge in [0.2, 0.25) is 0 Å². The van der Waals surface area contributed by atoms with E-state index in [9.17, 15) is 0 Å². The van der Waals surface area contributed by atoms with Crippen LogP contribution in [0, 0.1) is 0 Å². The van der Waals surface area contributed by atoms with Gasteiger partial charge in [-0.25, -0.2) is 4.98 Å². The molecule has 1 aromatic rings. The highest BCUT2D eigenvalue weighted by atomic mass is 32.1. The van der Waals surface area contributed by atoms with Gasteiger partial charge in [-0.2, -0.15) is 12.6 Å². The molecular weight excluding hydrogens is 348 g/mol. The zero-order valence-electron chi connectivity index (χ0n) is 19.1. The maximum atomic E-state index is 5.14. The van der Waals surface area contributed by atoms with Crippen LogP contribution in [0.15, 0.2) is 12.1 Å². The Hall–Kier alpha value is -0.700. The van der Waals surface area contributed by atoms with E-state index >= 15 is 0 Å². The molecule has 0 aromatic carbocycles. The van der Waals surface area contributed by atoms with E-state index in [-0.39, 0.29) is 10.2 Å². The van der Waals surface area contributed by atoms with E-state index in [0.29, 0.717) is 0 Å². The number of hydrogen-bond donors (Lipinski definition) is 1. The molecule has 156 valence electrons. The molecular formula is C24H44N2S. The van der Waals surface area contributed by atoms with Gasteiger partial charge in [-0.1, -0.05) is 60.8 Å². The van der Waals surface area contributed by atoms with E-state index in [0.717, 1.165) is 56.7 Å². The van der Waals surface area contributed by atoms with Crippen molar-refractivity contribution >= 4 is 18.4 Å². The molecule has 1 heterocycles. The molecule has 0 aliphatic heterocycles. The van der Waals surface area contributed by atoms with Gasteiger partial charge in [-0.3, -0.25) is 0 Å². The Morgan fingerprint density at radius 3 is 2.00 bits per heavy atom. The first-order valence-corrected chi connectivity index (χ1v) is 11.7. The summed E-state index contributed by atoms with van der Waals surface area (Å²) in [6.07, 6.45) is 9.39. The van der Waals surface area contributed by atoms with E-state index in [1.54, 1.807) is 0 Å². The van der Waals surface area contributed by atoms with Crippen LogP contribution in [0.25, 0.3) is 0 Å². The van der Waals surface area contributed by atoms with Gasteiger partial charge in [0.15, 0.2) is 0 Å². The van der Waals surface area contributed by atoms with Crippen molar-refractivity contribution in [2.45, 2.75) is 110 Å². The smallest absolute Gasteiger partial charge is 0.129 e. The number of anilines is 1. The predicted octanol–water partition coefficient (Wildman–Crippen LogP) is 7.51. The van der Waals surface area contributed by atoms with Crippen molar-refractivity contribution in [3.63, 3.8) is 0 Å². The first-order chi connectivity index (χ1) is 12.8. The summed E-state index contributed by atoms with van der Waals surface area (Å²) < 4.78 is -0.178. The summed E-state index contributed by atoms with van der Waals surface area (Å²) in [7, 11) is 0. The molecule has 0 spiro atoms. The molecule has 0 aliphatic carbocycles. The molecule has 27 heavy (non-hydrogen) atoms. The van der Waals surface area contributed by atoms with Crippen LogP contribution >= 0.6 is 12.6 Å². The van der Waals surface area contributed by atoms with Gasteiger partial charge in [0, 0.05) is 13.1 Å². The van der Waals surface area contributed by atoms with E-state index in [4.69, 9.17) is 17.6 Å². The molecule has 0 bridgehead atoms. The average Bonchev–Trinajstić information content (AvgIpc) is 2.65. The Bertz CT molecular complexity index is 549. The van der Waals surface area contributed by atoms with Crippen LogP contribution in [0.4, 0.5) is 5.82 Å². The maximum Gasteiger partial charge on any atom is 0.129 e. The fourth-order valence-corrected chi connectivity index (χ4v) is 4.23. The number of pyridine rings is 1. The Morgan fingerprint density at radius 2 is 1.52 bits per heavy atom. The van der Waals surface area contributed by atoms with Crippen LogP contribution in [-0.2, 0) is 10.2 Å². The Morgan fingerprint density at radius 1 is 0.889 bits per heavy atom. The molecule has 0 fully saturated rings. The van der Waals surface area contributed by atoms with Crippen molar-refractivity contribution in [1.29, 1.82) is 0 Å². The lowest BCUT2D eigenvalue weighted by Gasteiger charge is -2.33. The van der Waals surface area contributed by atoms with E-state index in [1.807, 2.05) is 0 Å². The third-order valence-electron chi connectivity index (χ3n) is 5.97. The van der Waals surface area contributed by atoms with Crippen LogP contribution in [0.3, 0.4) is 0 Å². The lowest BCUT2D eigenvalue weighted by Crippen LogP contribution is -2.29. The molecule has 0 N–H and O–H groups in total. The molecule has 0 amide bonds. The van der Waals surface area contributed by atoms with Crippen LogP contribution in [-0.4, -0.2) is 18.1 Å². The highest BCUT2D eigenvalue weighted by Crippen LogP contribution is 2.39.